The molecule has 2 N–H and O–H groups in total. The van der Waals surface area contributed by atoms with Crippen LogP contribution in [0.5, 0.6) is 0 Å². The lowest BCUT2D eigenvalue weighted by molar-refractivity contribution is 0.268. The largest absolute Gasteiger partial charge is 0.356 e. The van der Waals surface area contributed by atoms with Crippen LogP contribution >= 0.6 is 35.3 Å². The molecule has 0 aliphatic rings. The van der Waals surface area contributed by atoms with E-state index in [-0.39, 0.29) is 24.0 Å². The monoisotopic (exact) mass is 453 g/mol. The zero-order valence-electron chi connectivity index (χ0n) is 15.1. The van der Waals surface area contributed by atoms with Crippen LogP contribution in [0.2, 0.25) is 0 Å². The van der Waals surface area contributed by atoms with Crippen molar-refractivity contribution in [3.63, 3.8) is 0 Å². The summed E-state index contributed by atoms with van der Waals surface area (Å²) in [5.41, 5.74) is 1.15. The molecule has 0 aliphatic carbocycles. The van der Waals surface area contributed by atoms with Crippen LogP contribution in [0.15, 0.2) is 10.4 Å². The Labute approximate surface area is 162 Å². The van der Waals surface area contributed by atoms with Crippen molar-refractivity contribution >= 4 is 41.3 Å². The number of thiazole rings is 1. The highest BCUT2D eigenvalue weighted by molar-refractivity contribution is 14.0. The molecule has 0 aliphatic heterocycles. The Kier molecular flexibility index (Phi) is 12.7. The molecule has 7 heteroatoms. The van der Waals surface area contributed by atoms with E-state index in [0.29, 0.717) is 6.04 Å². The molecule has 0 amide bonds. The van der Waals surface area contributed by atoms with Gasteiger partial charge < -0.3 is 15.5 Å². The summed E-state index contributed by atoms with van der Waals surface area (Å²) in [6, 6.07) is 0.622. The van der Waals surface area contributed by atoms with Crippen LogP contribution in [0.3, 0.4) is 0 Å². The molecule has 23 heavy (non-hydrogen) atoms. The van der Waals surface area contributed by atoms with Crippen molar-refractivity contribution < 1.29 is 0 Å². The summed E-state index contributed by atoms with van der Waals surface area (Å²) in [6.07, 6.45) is 3.30. The summed E-state index contributed by atoms with van der Waals surface area (Å²) in [7, 11) is 3.99. The molecule has 0 saturated carbocycles. The van der Waals surface area contributed by atoms with E-state index in [1.165, 1.54) is 6.42 Å². The summed E-state index contributed by atoms with van der Waals surface area (Å²) in [5.74, 6) is 0.879. The number of hydrogen-bond acceptors (Lipinski definition) is 4. The molecule has 0 unspecified atom stereocenters. The van der Waals surface area contributed by atoms with Gasteiger partial charge in [-0.05, 0) is 47.2 Å². The van der Waals surface area contributed by atoms with Crippen molar-refractivity contribution in [3.8, 4) is 0 Å². The predicted octanol–water partition coefficient (Wildman–Crippen LogP) is 2.90. The minimum Gasteiger partial charge on any atom is -0.356 e. The van der Waals surface area contributed by atoms with Gasteiger partial charge >= 0.3 is 0 Å². The molecule has 0 spiro atoms. The molecule has 1 heterocycles. The van der Waals surface area contributed by atoms with Gasteiger partial charge in [-0.15, -0.1) is 35.3 Å². The zero-order chi connectivity index (χ0) is 16.4. The molecule has 0 radical (unpaired) electrons. The summed E-state index contributed by atoms with van der Waals surface area (Å²) in [6.45, 7) is 9.47. The van der Waals surface area contributed by atoms with E-state index in [4.69, 9.17) is 0 Å². The van der Waals surface area contributed by atoms with E-state index >= 15 is 0 Å². The number of guanidine groups is 1. The summed E-state index contributed by atoms with van der Waals surface area (Å²) in [5, 5.41) is 9.96. The van der Waals surface area contributed by atoms with Crippen LogP contribution in [0.1, 0.15) is 37.4 Å². The zero-order valence-corrected chi connectivity index (χ0v) is 18.2. The smallest absolute Gasteiger partial charge is 0.190 e. The van der Waals surface area contributed by atoms with Crippen molar-refractivity contribution in [1.82, 2.24) is 20.5 Å². The Bertz CT molecular complexity index is 447. The van der Waals surface area contributed by atoms with Gasteiger partial charge in [0.1, 0.15) is 0 Å². The molecule has 1 aromatic rings. The van der Waals surface area contributed by atoms with E-state index in [2.05, 4.69) is 51.8 Å². The van der Waals surface area contributed by atoms with Crippen LogP contribution in [0, 0.1) is 6.92 Å². The van der Waals surface area contributed by atoms with Crippen molar-refractivity contribution in [2.75, 3.05) is 33.7 Å². The highest BCUT2D eigenvalue weighted by atomic mass is 127. The number of aromatic nitrogens is 1. The van der Waals surface area contributed by atoms with Crippen LogP contribution in [0.4, 0.5) is 0 Å². The fourth-order valence-corrected chi connectivity index (χ4v) is 2.65. The second kappa shape index (κ2) is 12.9. The van der Waals surface area contributed by atoms with E-state index in [1.807, 2.05) is 14.0 Å². The number of nitrogens with one attached hydrogen (secondary N) is 2. The highest BCUT2D eigenvalue weighted by Crippen LogP contribution is 2.07. The van der Waals surface area contributed by atoms with Gasteiger partial charge in [0.15, 0.2) is 5.96 Å². The lowest BCUT2D eigenvalue weighted by Gasteiger charge is -2.20. The Hall–Kier alpha value is -0.410. The molecule has 0 saturated heterocycles. The van der Waals surface area contributed by atoms with Crippen LogP contribution in [-0.2, 0) is 6.42 Å². The number of unbranched alkanes of at least 4 members (excludes halogenated alkanes) is 1. The number of aryl methyl sites for hydroxylation is 1. The minimum atomic E-state index is 0. The van der Waals surface area contributed by atoms with Crippen molar-refractivity contribution in [3.05, 3.63) is 16.1 Å². The third kappa shape index (κ3) is 10.1. The van der Waals surface area contributed by atoms with Gasteiger partial charge in [0.2, 0.25) is 0 Å². The van der Waals surface area contributed by atoms with Gasteiger partial charge in [-0.1, -0.05) is 0 Å². The molecular formula is C16H32IN5S. The van der Waals surface area contributed by atoms with Gasteiger partial charge in [0.05, 0.1) is 10.7 Å². The third-order valence-corrected chi connectivity index (χ3v) is 4.50. The molecular weight excluding hydrogens is 421 g/mol. The average Bonchev–Trinajstić information content (AvgIpc) is 2.90. The van der Waals surface area contributed by atoms with Crippen LogP contribution in [0.25, 0.3) is 0 Å². The molecule has 1 aromatic heterocycles. The maximum atomic E-state index is 4.46. The van der Waals surface area contributed by atoms with E-state index in [0.717, 1.165) is 49.1 Å². The van der Waals surface area contributed by atoms with Crippen LogP contribution < -0.4 is 10.6 Å². The van der Waals surface area contributed by atoms with Gasteiger partial charge in [-0.3, -0.25) is 4.99 Å². The Morgan fingerprint density at radius 1 is 1.30 bits per heavy atom. The molecule has 134 valence electrons. The second-order valence-corrected chi connectivity index (χ2v) is 6.88. The number of nitrogens with zero attached hydrogens (tertiary/aromatic N) is 3. The first-order chi connectivity index (χ1) is 10.5. The lowest BCUT2D eigenvalue weighted by Crippen LogP contribution is -2.39. The molecule has 0 fully saturated rings. The van der Waals surface area contributed by atoms with Crippen molar-refractivity contribution in [2.45, 2.75) is 46.1 Å². The topological polar surface area (TPSA) is 52.6 Å². The van der Waals surface area contributed by atoms with Crippen molar-refractivity contribution in [2.24, 2.45) is 4.99 Å². The normalized spacial score (nSPS) is 11.7. The summed E-state index contributed by atoms with van der Waals surface area (Å²) < 4.78 is 0. The quantitative estimate of drug-likeness (QED) is 0.261. The van der Waals surface area contributed by atoms with E-state index in [1.54, 1.807) is 11.3 Å². The fraction of sp³-hybridized carbons (Fsp3) is 0.750. The van der Waals surface area contributed by atoms with Gasteiger partial charge in [-0.2, -0.15) is 0 Å². The fourth-order valence-electron chi connectivity index (χ4n) is 2.00. The average molecular weight is 453 g/mol. The molecule has 0 aromatic carbocycles. The number of hydrogen-bond donors (Lipinski definition) is 2. The van der Waals surface area contributed by atoms with Gasteiger partial charge in [0.25, 0.3) is 0 Å². The van der Waals surface area contributed by atoms with E-state index < -0.39 is 0 Å². The van der Waals surface area contributed by atoms with Gasteiger partial charge in [-0.25, -0.2) is 4.98 Å². The molecule has 5 nitrogen and oxygen atoms in total. The second-order valence-electron chi connectivity index (χ2n) is 5.82. The maximum absolute atomic E-state index is 4.46. The van der Waals surface area contributed by atoms with E-state index in [9.17, 15) is 0 Å². The van der Waals surface area contributed by atoms with Crippen LogP contribution in [-0.4, -0.2) is 55.6 Å². The molecule has 0 bridgehead atoms. The standard InChI is InChI=1S/C16H31N5S.HI/c1-13(2)21(5)11-7-6-9-18-16(17-4)19-10-8-15-12-22-14(3)20-15;/h12-13H,6-11H2,1-5H3,(H2,17,18,19);1H. The predicted molar refractivity (Wildman–Crippen MR) is 112 cm³/mol. The minimum absolute atomic E-state index is 0. The first-order valence-corrected chi connectivity index (χ1v) is 8.96. The SMILES string of the molecule is CN=C(NCCCCN(C)C(C)C)NCCc1csc(C)n1.I. The molecule has 1 rings (SSSR count). The lowest BCUT2D eigenvalue weighted by atomic mass is 10.2. The number of aliphatic imine (C=N–C) groups is 1. The van der Waals surface area contributed by atoms with Crippen molar-refractivity contribution in [1.29, 1.82) is 0 Å². The van der Waals surface area contributed by atoms with Gasteiger partial charge in [0, 0.05) is 38.0 Å². The summed E-state index contributed by atoms with van der Waals surface area (Å²) in [4.78, 5) is 11.1. The number of halogens is 1. The maximum Gasteiger partial charge on any atom is 0.190 e. The highest BCUT2D eigenvalue weighted by Gasteiger charge is 2.03. The number of rotatable bonds is 9. The molecule has 0 atom stereocenters. The first-order valence-electron chi connectivity index (χ1n) is 8.08. The summed E-state index contributed by atoms with van der Waals surface area (Å²) >= 11 is 1.70. The Balaban J connectivity index is 0.00000484. The Morgan fingerprint density at radius 3 is 2.57 bits per heavy atom. The Morgan fingerprint density at radius 2 is 2.00 bits per heavy atom. The first kappa shape index (κ1) is 22.6. The third-order valence-electron chi connectivity index (χ3n) is 3.68.